The predicted molar refractivity (Wildman–Crippen MR) is 109 cm³/mol. The predicted octanol–water partition coefficient (Wildman–Crippen LogP) is 1.74. The number of rotatable bonds is 8. The maximum Gasteiger partial charge on any atom is 0.243 e. The van der Waals surface area contributed by atoms with Crippen LogP contribution in [0.2, 0.25) is 0 Å². The van der Waals surface area contributed by atoms with Crippen LogP contribution in [0, 0.1) is 13.8 Å². The molecule has 0 N–H and O–H groups in total. The third-order valence-corrected chi connectivity index (χ3v) is 8.60. The molecule has 1 aromatic carbocycles. The molecule has 9 heteroatoms. The van der Waals surface area contributed by atoms with E-state index in [0.29, 0.717) is 6.42 Å². The van der Waals surface area contributed by atoms with Crippen molar-refractivity contribution in [3.63, 3.8) is 0 Å². The first kappa shape index (κ1) is 22.8. The van der Waals surface area contributed by atoms with E-state index in [0.717, 1.165) is 24.0 Å². The van der Waals surface area contributed by atoms with Crippen LogP contribution in [0.5, 0.6) is 0 Å². The highest BCUT2D eigenvalue weighted by Gasteiger charge is 2.31. The summed E-state index contributed by atoms with van der Waals surface area (Å²) in [5.74, 6) is -0.923. The minimum Gasteiger partial charge on any atom is -0.339 e. The molecule has 0 radical (unpaired) electrons. The van der Waals surface area contributed by atoms with Crippen molar-refractivity contribution in [1.82, 2.24) is 9.21 Å². The van der Waals surface area contributed by atoms with Gasteiger partial charge in [-0.2, -0.15) is 4.31 Å². The van der Waals surface area contributed by atoms with Gasteiger partial charge in [-0.25, -0.2) is 16.8 Å². The fourth-order valence-corrected chi connectivity index (χ4v) is 5.98. The normalized spacial score (nSPS) is 16.3. The van der Waals surface area contributed by atoms with E-state index in [9.17, 15) is 21.6 Å². The second kappa shape index (κ2) is 9.37. The van der Waals surface area contributed by atoms with Crippen molar-refractivity contribution in [3.8, 4) is 0 Å². The van der Waals surface area contributed by atoms with Crippen molar-refractivity contribution in [2.24, 2.45) is 0 Å². The van der Waals surface area contributed by atoms with Gasteiger partial charge in [0.05, 0.1) is 10.6 Å². The number of carbonyl (C=O) groups is 1. The monoisotopic (exact) mass is 430 g/mol. The van der Waals surface area contributed by atoms with Gasteiger partial charge >= 0.3 is 0 Å². The molecule has 1 saturated heterocycles. The quantitative estimate of drug-likeness (QED) is 0.586. The molecule has 1 fully saturated rings. The SMILES string of the molecule is CCCCCS(=O)(=O)CC(=O)N1CCN(S(=O)(=O)c2ccc(C)c(C)c2)CC1. The molecule has 1 aliphatic rings. The molecule has 7 nitrogen and oxygen atoms in total. The zero-order valence-electron chi connectivity index (χ0n) is 16.8. The average molecular weight is 431 g/mol. The van der Waals surface area contributed by atoms with Crippen molar-refractivity contribution < 1.29 is 21.6 Å². The summed E-state index contributed by atoms with van der Waals surface area (Å²) in [6, 6.07) is 5.04. The number of nitrogens with zero attached hydrogens (tertiary/aromatic N) is 2. The Kier molecular flexibility index (Phi) is 7.64. The van der Waals surface area contributed by atoms with Crippen LogP contribution in [-0.2, 0) is 24.7 Å². The molecule has 0 bridgehead atoms. The summed E-state index contributed by atoms with van der Waals surface area (Å²) in [5.41, 5.74) is 1.93. The molecule has 1 amide bonds. The van der Waals surface area contributed by atoms with E-state index < -0.39 is 31.5 Å². The summed E-state index contributed by atoms with van der Waals surface area (Å²) in [7, 11) is -7.04. The lowest BCUT2D eigenvalue weighted by atomic mass is 10.1. The lowest BCUT2D eigenvalue weighted by molar-refractivity contribution is -0.129. The minimum absolute atomic E-state index is 0.0215. The first-order valence-electron chi connectivity index (χ1n) is 9.62. The highest BCUT2D eigenvalue weighted by atomic mass is 32.2. The number of carbonyl (C=O) groups excluding carboxylic acids is 1. The summed E-state index contributed by atoms with van der Waals surface area (Å²) >= 11 is 0. The van der Waals surface area contributed by atoms with Crippen LogP contribution in [0.25, 0.3) is 0 Å². The Labute approximate surface area is 168 Å². The van der Waals surface area contributed by atoms with E-state index in [1.54, 1.807) is 18.2 Å². The summed E-state index contributed by atoms with van der Waals surface area (Å²) in [6.07, 6.45) is 2.30. The molecule has 28 heavy (non-hydrogen) atoms. The van der Waals surface area contributed by atoms with Gasteiger partial charge in [0.1, 0.15) is 5.75 Å². The largest absolute Gasteiger partial charge is 0.339 e. The van der Waals surface area contributed by atoms with Crippen LogP contribution in [0.3, 0.4) is 0 Å². The van der Waals surface area contributed by atoms with Crippen LogP contribution < -0.4 is 0 Å². The Morgan fingerprint density at radius 3 is 2.18 bits per heavy atom. The molecule has 0 aromatic heterocycles. The molecule has 2 rings (SSSR count). The van der Waals surface area contributed by atoms with E-state index in [4.69, 9.17) is 0 Å². The Morgan fingerprint density at radius 1 is 0.964 bits per heavy atom. The number of hydrogen-bond acceptors (Lipinski definition) is 5. The van der Waals surface area contributed by atoms with Crippen molar-refractivity contribution in [2.75, 3.05) is 37.7 Å². The molecule has 0 spiro atoms. The third kappa shape index (κ3) is 5.78. The standard InChI is InChI=1S/C19H30N2O5S2/c1-4-5-6-13-27(23,24)15-19(22)20-9-11-21(12-10-20)28(25,26)18-8-7-16(2)17(3)14-18/h7-8,14H,4-6,9-13,15H2,1-3H3. The van der Waals surface area contributed by atoms with Crippen LogP contribution in [-0.4, -0.2) is 69.6 Å². The van der Waals surface area contributed by atoms with Gasteiger partial charge < -0.3 is 4.90 Å². The van der Waals surface area contributed by atoms with Crippen LogP contribution in [0.4, 0.5) is 0 Å². The molecule has 1 aliphatic heterocycles. The number of piperazine rings is 1. The van der Waals surface area contributed by atoms with Crippen molar-refractivity contribution >= 4 is 25.8 Å². The highest BCUT2D eigenvalue weighted by molar-refractivity contribution is 7.92. The van der Waals surface area contributed by atoms with Gasteiger partial charge in [-0.1, -0.05) is 25.8 Å². The van der Waals surface area contributed by atoms with Crippen LogP contribution in [0.15, 0.2) is 23.1 Å². The summed E-state index contributed by atoms with van der Waals surface area (Å²) in [6.45, 7) is 6.51. The van der Waals surface area contributed by atoms with Gasteiger partial charge in [0.15, 0.2) is 9.84 Å². The van der Waals surface area contributed by atoms with Gasteiger partial charge in [-0.15, -0.1) is 0 Å². The van der Waals surface area contributed by atoms with E-state index in [2.05, 4.69) is 0 Å². The van der Waals surface area contributed by atoms with Crippen LogP contribution in [0.1, 0.15) is 37.3 Å². The van der Waals surface area contributed by atoms with E-state index in [1.165, 1.54) is 9.21 Å². The number of amides is 1. The maximum atomic E-state index is 12.8. The topological polar surface area (TPSA) is 91.8 Å². The first-order valence-corrected chi connectivity index (χ1v) is 12.9. The molecule has 158 valence electrons. The number of hydrogen-bond donors (Lipinski definition) is 0. The number of benzene rings is 1. The Balaban J connectivity index is 1.96. The van der Waals surface area contributed by atoms with Crippen LogP contribution >= 0.6 is 0 Å². The fraction of sp³-hybridized carbons (Fsp3) is 0.632. The molecular weight excluding hydrogens is 400 g/mol. The number of sulfonamides is 1. The van der Waals surface area contributed by atoms with Crippen molar-refractivity contribution in [2.45, 2.75) is 44.9 Å². The number of sulfone groups is 1. The van der Waals surface area contributed by atoms with Gasteiger partial charge in [0.25, 0.3) is 0 Å². The Morgan fingerprint density at radius 2 is 1.61 bits per heavy atom. The molecule has 0 atom stereocenters. The van der Waals surface area contributed by atoms with Crippen molar-refractivity contribution in [3.05, 3.63) is 29.3 Å². The molecule has 1 heterocycles. The highest BCUT2D eigenvalue weighted by Crippen LogP contribution is 2.20. The second-order valence-corrected chi connectivity index (χ2v) is 11.5. The van der Waals surface area contributed by atoms with Gasteiger partial charge in [0, 0.05) is 26.2 Å². The number of aryl methyl sites for hydroxylation is 2. The smallest absolute Gasteiger partial charge is 0.243 e. The van der Waals surface area contributed by atoms with E-state index >= 15 is 0 Å². The van der Waals surface area contributed by atoms with Gasteiger partial charge in [-0.05, 0) is 43.5 Å². The number of unbranched alkanes of at least 4 members (excludes halogenated alkanes) is 2. The first-order chi connectivity index (χ1) is 13.1. The summed E-state index contributed by atoms with van der Waals surface area (Å²) < 4.78 is 51.2. The fourth-order valence-electron chi connectivity index (χ4n) is 3.12. The van der Waals surface area contributed by atoms with Gasteiger partial charge in [0.2, 0.25) is 15.9 Å². The second-order valence-electron chi connectivity index (χ2n) is 7.33. The summed E-state index contributed by atoms with van der Waals surface area (Å²) in [5, 5.41) is 0. The molecule has 0 unspecified atom stereocenters. The average Bonchev–Trinajstić information content (AvgIpc) is 2.63. The molecule has 1 aromatic rings. The minimum atomic E-state index is -3.62. The molecule has 0 aliphatic carbocycles. The zero-order valence-corrected chi connectivity index (χ0v) is 18.5. The molecular formula is C19H30N2O5S2. The lowest BCUT2D eigenvalue weighted by Gasteiger charge is -2.34. The van der Waals surface area contributed by atoms with Gasteiger partial charge in [-0.3, -0.25) is 4.79 Å². The zero-order chi connectivity index (χ0) is 20.9. The maximum absolute atomic E-state index is 12.8. The van der Waals surface area contributed by atoms with E-state index in [1.807, 2.05) is 20.8 Å². The molecule has 0 saturated carbocycles. The lowest BCUT2D eigenvalue weighted by Crippen LogP contribution is -2.51. The third-order valence-electron chi connectivity index (χ3n) is 5.11. The Hall–Kier alpha value is -1.45. The Bertz CT molecular complexity index is 902. The van der Waals surface area contributed by atoms with E-state index in [-0.39, 0.29) is 36.8 Å². The summed E-state index contributed by atoms with van der Waals surface area (Å²) in [4.78, 5) is 14.0. The van der Waals surface area contributed by atoms with Crippen molar-refractivity contribution in [1.29, 1.82) is 0 Å².